The molecule has 7 heteroatoms. The lowest BCUT2D eigenvalue weighted by molar-refractivity contribution is -0.158. The van der Waals surface area contributed by atoms with Gasteiger partial charge in [-0.15, -0.1) is 0 Å². The fraction of sp³-hybridized carbons (Fsp3) is 0.278. The van der Waals surface area contributed by atoms with Crippen molar-refractivity contribution in [2.24, 2.45) is 0 Å². The number of carbonyl (C=O) groups is 1. The molecule has 2 aromatic carbocycles. The molecular formula is C18H21NO5S. The number of methoxy groups -OCH3 is 1. The molecule has 0 aromatic heterocycles. The van der Waals surface area contributed by atoms with Crippen LogP contribution < -0.4 is 4.74 Å². The van der Waals surface area contributed by atoms with Gasteiger partial charge >= 0.3 is 0 Å². The molecule has 1 atom stereocenters. The lowest BCUT2D eigenvalue weighted by Crippen LogP contribution is -2.36. The molecule has 0 spiro atoms. The summed E-state index contributed by atoms with van der Waals surface area (Å²) in [5, 5.41) is 9.86. The predicted octanol–water partition coefficient (Wildman–Crippen LogP) is 2.76. The van der Waals surface area contributed by atoms with E-state index < -0.39 is 15.9 Å². The summed E-state index contributed by atoms with van der Waals surface area (Å²) in [5.41, 5.74) is 1.82. The van der Waals surface area contributed by atoms with E-state index in [1.54, 1.807) is 26.2 Å². The Bertz CT molecular complexity index is 800. The Labute approximate surface area is 147 Å². The molecule has 0 radical (unpaired) electrons. The Morgan fingerprint density at radius 2 is 1.60 bits per heavy atom. The van der Waals surface area contributed by atoms with Crippen LogP contribution in [0, 0.1) is 0 Å². The van der Waals surface area contributed by atoms with Crippen molar-refractivity contribution in [3.8, 4) is 16.9 Å². The minimum absolute atomic E-state index is 0.155. The molecule has 2 aromatic rings. The van der Waals surface area contributed by atoms with Gasteiger partial charge in [0, 0.05) is 0 Å². The molecule has 0 aliphatic carbocycles. The highest BCUT2D eigenvalue weighted by atomic mass is 32.2. The SMILES string of the molecule is CCC(CS(=O)(=O)c1ccc(-c2ccc(OC)cc2)cc1)N(O)C=O. The number of hydrogen-bond acceptors (Lipinski definition) is 5. The second-order valence-corrected chi connectivity index (χ2v) is 7.62. The van der Waals surface area contributed by atoms with Crippen molar-refractivity contribution in [1.82, 2.24) is 5.06 Å². The van der Waals surface area contributed by atoms with Crippen LogP contribution >= 0.6 is 0 Å². The van der Waals surface area contributed by atoms with Crippen molar-refractivity contribution in [2.75, 3.05) is 12.9 Å². The number of sulfone groups is 1. The first-order valence-electron chi connectivity index (χ1n) is 7.81. The number of benzene rings is 2. The van der Waals surface area contributed by atoms with E-state index in [1.807, 2.05) is 24.3 Å². The zero-order chi connectivity index (χ0) is 18.4. The van der Waals surface area contributed by atoms with E-state index in [1.165, 1.54) is 12.1 Å². The molecule has 0 fully saturated rings. The first-order chi connectivity index (χ1) is 11.9. The van der Waals surface area contributed by atoms with Crippen LogP contribution in [0.2, 0.25) is 0 Å². The molecule has 0 saturated heterocycles. The number of rotatable bonds is 8. The smallest absolute Gasteiger partial charge is 0.233 e. The summed E-state index contributed by atoms with van der Waals surface area (Å²) < 4.78 is 30.1. The van der Waals surface area contributed by atoms with Crippen molar-refractivity contribution in [1.29, 1.82) is 0 Å². The van der Waals surface area contributed by atoms with Crippen LogP contribution in [0.5, 0.6) is 5.75 Å². The van der Waals surface area contributed by atoms with E-state index in [-0.39, 0.29) is 17.1 Å². The van der Waals surface area contributed by atoms with E-state index in [2.05, 4.69) is 0 Å². The molecule has 1 N–H and O–H groups in total. The highest BCUT2D eigenvalue weighted by molar-refractivity contribution is 7.91. The maximum Gasteiger partial charge on any atom is 0.233 e. The summed E-state index contributed by atoms with van der Waals surface area (Å²) in [5.74, 6) is 0.415. The minimum atomic E-state index is -3.62. The van der Waals surface area contributed by atoms with Crippen LogP contribution in [0.15, 0.2) is 53.4 Å². The number of ether oxygens (including phenoxy) is 1. The Kier molecular flexibility index (Phi) is 6.17. The molecule has 0 bridgehead atoms. The summed E-state index contributed by atoms with van der Waals surface area (Å²) in [4.78, 5) is 10.8. The van der Waals surface area contributed by atoms with Crippen LogP contribution in [0.4, 0.5) is 0 Å². The van der Waals surface area contributed by atoms with E-state index in [4.69, 9.17) is 4.74 Å². The normalized spacial score (nSPS) is 12.4. The third-order valence-corrected chi connectivity index (χ3v) is 5.82. The zero-order valence-corrected chi connectivity index (χ0v) is 14.9. The Morgan fingerprint density at radius 3 is 2.04 bits per heavy atom. The number of carbonyl (C=O) groups excluding carboxylic acids is 1. The van der Waals surface area contributed by atoms with Crippen molar-refractivity contribution < 1.29 is 23.2 Å². The average Bonchev–Trinajstić information content (AvgIpc) is 2.65. The highest BCUT2D eigenvalue weighted by Crippen LogP contribution is 2.24. The van der Waals surface area contributed by atoms with Crippen molar-refractivity contribution >= 4 is 16.2 Å². The van der Waals surface area contributed by atoms with Gasteiger partial charge in [-0.1, -0.05) is 31.2 Å². The maximum absolute atomic E-state index is 12.5. The monoisotopic (exact) mass is 363 g/mol. The average molecular weight is 363 g/mol. The van der Waals surface area contributed by atoms with E-state index in [9.17, 15) is 18.4 Å². The fourth-order valence-corrected chi connectivity index (χ4v) is 4.09. The van der Waals surface area contributed by atoms with Gasteiger partial charge in [-0.3, -0.25) is 10.0 Å². The van der Waals surface area contributed by atoms with E-state index in [0.29, 0.717) is 11.5 Å². The molecule has 1 amide bonds. The van der Waals surface area contributed by atoms with Gasteiger partial charge in [-0.2, -0.15) is 0 Å². The van der Waals surface area contributed by atoms with Gasteiger partial charge < -0.3 is 4.74 Å². The van der Waals surface area contributed by atoms with Crippen LogP contribution in [-0.4, -0.2) is 44.0 Å². The van der Waals surface area contributed by atoms with Crippen LogP contribution in [0.25, 0.3) is 11.1 Å². The predicted molar refractivity (Wildman–Crippen MR) is 94.3 cm³/mol. The van der Waals surface area contributed by atoms with Crippen LogP contribution in [-0.2, 0) is 14.6 Å². The van der Waals surface area contributed by atoms with Crippen molar-refractivity contribution in [3.05, 3.63) is 48.5 Å². The molecule has 0 saturated carbocycles. The lowest BCUT2D eigenvalue weighted by atomic mass is 10.1. The lowest BCUT2D eigenvalue weighted by Gasteiger charge is -2.20. The number of amides is 1. The Morgan fingerprint density at radius 1 is 1.08 bits per heavy atom. The van der Waals surface area contributed by atoms with Crippen LogP contribution in [0.1, 0.15) is 13.3 Å². The fourth-order valence-electron chi connectivity index (χ4n) is 2.46. The van der Waals surface area contributed by atoms with Gasteiger partial charge in [-0.05, 0) is 41.8 Å². The van der Waals surface area contributed by atoms with E-state index in [0.717, 1.165) is 16.9 Å². The molecule has 2 rings (SSSR count). The molecule has 6 nitrogen and oxygen atoms in total. The van der Waals surface area contributed by atoms with Crippen molar-refractivity contribution in [2.45, 2.75) is 24.3 Å². The summed E-state index contributed by atoms with van der Waals surface area (Å²) in [6.45, 7) is 1.71. The second kappa shape index (κ2) is 8.13. The minimum Gasteiger partial charge on any atom is -0.497 e. The molecule has 1 unspecified atom stereocenters. The third kappa shape index (κ3) is 4.58. The second-order valence-electron chi connectivity index (χ2n) is 5.58. The van der Waals surface area contributed by atoms with Gasteiger partial charge in [-0.25, -0.2) is 13.5 Å². The molecule has 134 valence electrons. The number of hydrogen-bond donors (Lipinski definition) is 1. The van der Waals surface area contributed by atoms with Crippen molar-refractivity contribution in [3.63, 3.8) is 0 Å². The van der Waals surface area contributed by atoms with Gasteiger partial charge in [0.05, 0.1) is 23.8 Å². The van der Waals surface area contributed by atoms with Crippen LogP contribution in [0.3, 0.4) is 0 Å². The number of nitrogens with zero attached hydrogens (tertiary/aromatic N) is 1. The Hall–Kier alpha value is -2.38. The summed E-state index contributed by atoms with van der Waals surface area (Å²) in [6, 6.07) is 13.2. The topological polar surface area (TPSA) is 83.9 Å². The first kappa shape index (κ1) is 19.0. The maximum atomic E-state index is 12.5. The largest absolute Gasteiger partial charge is 0.497 e. The summed E-state index contributed by atoms with van der Waals surface area (Å²) in [6.07, 6.45) is 0.550. The van der Waals surface area contributed by atoms with Gasteiger partial charge in [0.15, 0.2) is 9.84 Å². The van der Waals surface area contributed by atoms with Gasteiger partial charge in [0.2, 0.25) is 6.41 Å². The molecular weight excluding hydrogens is 342 g/mol. The number of hydroxylamine groups is 2. The summed E-state index contributed by atoms with van der Waals surface area (Å²) >= 11 is 0. The van der Waals surface area contributed by atoms with Gasteiger partial charge in [0.1, 0.15) is 5.75 Å². The van der Waals surface area contributed by atoms with Gasteiger partial charge in [0.25, 0.3) is 0 Å². The standard InChI is InChI=1S/C18H21NO5S/c1-3-16(19(21)13-20)12-25(22,23)18-10-6-15(7-11-18)14-4-8-17(24-2)9-5-14/h4-11,13,16,21H,3,12H2,1-2H3. The quantitative estimate of drug-likeness (QED) is 0.443. The molecule has 25 heavy (non-hydrogen) atoms. The zero-order valence-electron chi connectivity index (χ0n) is 14.1. The Balaban J connectivity index is 2.21. The molecule has 0 aliphatic rings. The summed E-state index contributed by atoms with van der Waals surface area (Å²) in [7, 11) is -2.02. The molecule has 0 heterocycles. The molecule has 0 aliphatic heterocycles. The van der Waals surface area contributed by atoms with E-state index >= 15 is 0 Å². The third-order valence-electron chi connectivity index (χ3n) is 4.00. The first-order valence-corrected chi connectivity index (χ1v) is 9.46. The highest BCUT2D eigenvalue weighted by Gasteiger charge is 2.23.